The molecule has 39 heavy (non-hydrogen) atoms. The Morgan fingerprint density at radius 3 is 2.31 bits per heavy atom. The minimum atomic E-state index is -3.66. The van der Waals surface area contributed by atoms with Gasteiger partial charge in [0.25, 0.3) is 11.8 Å². The zero-order valence-electron chi connectivity index (χ0n) is 23.4. The van der Waals surface area contributed by atoms with Crippen LogP contribution >= 0.6 is 11.3 Å². The number of nitrogens with zero attached hydrogens (tertiary/aromatic N) is 3. The van der Waals surface area contributed by atoms with E-state index >= 15 is 0 Å². The van der Waals surface area contributed by atoms with Crippen LogP contribution in [0.4, 0.5) is 9.80 Å². The van der Waals surface area contributed by atoms with E-state index in [4.69, 9.17) is 0 Å². The molecule has 0 saturated heterocycles. The fourth-order valence-electron chi connectivity index (χ4n) is 4.45. The summed E-state index contributed by atoms with van der Waals surface area (Å²) in [4.78, 5) is 43.3. The SMILES string of the molecule is CCCCN(CC)S(=O)(=O)c1ccc(C(=O)Nc2sc3c(c2C(=O)NC(=O)N(C)C)CCN(CCC)C3)cc1. The van der Waals surface area contributed by atoms with Crippen LogP contribution < -0.4 is 10.6 Å². The molecule has 10 nitrogen and oxygen atoms in total. The Bertz CT molecular complexity index is 1290. The number of anilines is 1. The summed E-state index contributed by atoms with van der Waals surface area (Å²) in [6, 6.07) is 5.27. The van der Waals surface area contributed by atoms with E-state index < -0.39 is 27.9 Å². The van der Waals surface area contributed by atoms with Crippen molar-refractivity contribution in [3.63, 3.8) is 0 Å². The summed E-state index contributed by atoms with van der Waals surface area (Å²) < 4.78 is 27.5. The molecule has 1 aliphatic rings. The van der Waals surface area contributed by atoms with Crippen LogP contribution in [-0.2, 0) is 23.0 Å². The fraction of sp³-hybridized carbons (Fsp3) is 0.519. The number of imide groups is 1. The van der Waals surface area contributed by atoms with Crippen LogP contribution in [0.25, 0.3) is 0 Å². The highest BCUT2D eigenvalue weighted by Crippen LogP contribution is 2.37. The first kappa shape index (κ1) is 30.7. The van der Waals surface area contributed by atoms with Crippen LogP contribution in [0.3, 0.4) is 0 Å². The molecule has 214 valence electrons. The smallest absolute Gasteiger partial charge is 0.323 e. The Balaban J connectivity index is 1.87. The Hall–Kier alpha value is -2.80. The molecule has 1 aromatic carbocycles. The molecule has 0 atom stereocenters. The lowest BCUT2D eigenvalue weighted by atomic mass is 10.0. The minimum Gasteiger partial charge on any atom is -0.331 e. The maximum absolute atomic E-state index is 13.2. The maximum atomic E-state index is 13.2. The third-order valence-corrected chi connectivity index (χ3v) is 9.75. The summed E-state index contributed by atoms with van der Waals surface area (Å²) in [5, 5.41) is 5.62. The number of fused-ring (bicyclic) bond motifs is 1. The van der Waals surface area contributed by atoms with Crippen molar-refractivity contribution >= 4 is 44.2 Å². The first-order chi connectivity index (χ1) is 18.5. The number of nitrogens with one attached hydrogen (secondary N) is 2. The highest BCUT2D eigenvalue weighted by atomic mass is 32.2. The average Bonchev–Trinajstić information content (AvgIpc) is 3.26. The molecule has 12 heteroatoms. The first-order valence-electron chi connectivity index (χ1n) is 13.3. The average molecular weight is 578 g/mol. The normalized spacial score (nSPS) is 13.7. The van der Waals surface area contributed by atoms with Gasteiger partial charge in [-0.15, -0.1) is 11.3 Å². The maximum Gasteiger partial charge on any atom is 0.323 e. The number of benzene rings is 1. The number of urea groups is 1. The number of carbonyl (C=O) groups excluding carboxylic acids is 3. The summed E-state index contributed by atoms with van der Waals surface area (Å²) in [6.45, 7) is 9.12. The van der Waals surface area contributed by atoms with E-state index in [2.05, 4.69) is 22.5 Å². The van der Waals surface area contributed by atoms with Crippen molar-refractivity contribution in [2.45, 2.75) is 57.9 Å². The fourth-order valence-corrected chi connectivity index (χ4v) is 7.22. The lowest BCUT2D eigenvalue weighted by molar-refractivity contribution is 0.0956. The number of hydrogen-bond acceptors (Lipinski definition) is 7. The summed E-state index contributed by atoms with van der Waals surface area (Å²) >= 11 is 1.34. The second kappa shape index (κ2) is 13.5. The third-order valence-electron chi connectivity index (χ3n) is 6.62. The molecule has 0 saturated carbocycles. The largest absolute Gasteiger partial charge is 0.331 e. The van der Waals surface area contributed by atoms with Gasteiger partial charge in [-0.1, -0.05) is 27.2 Å². The van der Waals surface area contributed by atoms with E-state index in [-0.39, 0.29) is 10.5 Å². The van der Waals surface area contributed by atoms with Gasteiger partial charge in [-0.25, -0.2) is 13.2 Å². The summed E-state index contributed by atoms with van der Waals surface area (Å²) in [5.41, 5.74) is 1.42. The molecule has 0 spiro atoms. The van der Waals surface area contributed by atoms with Gasteiger partial charge in [0.1, 0.15) is 5.00 Å². The number of hydrogen-bond donors (Lipinski definition) is 2. The quantitative estimate of drug-likeness (QED) is 0.417. The predicted molar refractivity (Wildman–Crippen MR) is 154 cm³/mol. The molecule has 0 aliphatic carbocycles. The number of thiophene rings is 1. The molecule has 0 bridgehead atoms. The molecule has 1 aliphatic heterocycles. The van der Waals surface area contributed by atoms with Gasteiger partial charge >= 0.3 is 6.03 Å². The molecule has 1 aromatic heterocycles. The molecule has 4 amide bonds. The third kappa shape index (κ3) is 7.24. The second-order valence-electron chi connectivity index (χ2n) is 9.72. The Kier molecular flexibility index (Phi) is 10.6. The van der Waals surface area contributed by atoms with Crippen molar-refractivity contribution in [3.8, 4) is 0 Å². The number of rotatable bonds is 11. The van der Waals surface area contributed by atoms with Crippen LogP contribution in [0.2, 0.25) is 0 Å². The van der Waals surface area contributed by atoms with Gasteiger partial charge in [-0.05, 0) is 55.6 Å². The van der Waals surface area contributed by atoms with Crippen LogP contribution in [0.5, 0.6) is 0 Å². The lowest BCUT2D eigenvalue weighted by Crippen LogP contribution is -2.39. The van der Waals surface area contributed by atoms with Crippen LogP contribution in [0.1, 0.15) is 71.2 Å². The molecular formula is C27H39N5O5S2. The van der Waals surface area contributed by atoms with E-state index in [9.17, 15) is 22.8 Å². The van der Waals surface area contributed by atoms with Crippen LogP contribution in [-0.4, -0.2) is 80.6 Å². The molecule has 2 N–H and O–H groups in total. The predicted octanol–water partition coefficient (Wildman–Crippen LogP) is 3.99. The lowest BCUT2D eigenvalue weighted by Gasteiger charge is -2.26. The monoisotopic (exact) mass is 577 g/mol. The summed E-state index contributed by atoms with van der Waals surface area (Å²) in [7, 11) is -0.571. The minimum absolute atomic E-state index is 0.127. The second-order valence-corrected chi connectivity index (χ2v) is 12.8. The van der Waals surface area contributed by atoms with E-state index in [0.717, 1.165) is 42.8 Å². The molecule has 2 aromatic rings. The zero-order valence-corrected chi connectivity index (χ0v) is 25.0. The van der Waals surface area contributed by atoms with Crippen molar-refractivity contribution in [1.29, 1.82) is 0 Å². The van der Waals surface area contributed by atoms with Gasteiger partial charge in [0.15, 0.2) is 0 Å². The molecule has 3 rings (SSSR count). The van der Waals surface area contributed by atoms with Crippen LogP contribution in [0.15, 0.2) is 29.2 Å². The van der Waals surface area contributed by atoms with Crippen molar-refractivity contribution in [1.82, 2.24) is 19.4 Å². The zero-order chi connectivity index (χ0) is 28.7. The van der Waals surface area contributed by atoms with Gasteiger partial charge in [-0.2, -0.15) is 4.31 Å². The summed E-state index contributed by atoms with van der Waals surface area (Å²) in [5.74, 6) is -1.02. The number of sulfonamides is 1. The molecule has 0 unspecified atom stereocenters. The standard InChI is InChI=1S/C27H39N5O5S2/c1-6-9-16-32(8-3)39(36,37)20-12-10-19(11-13-20)24(33)28-26-23(25(34)29-27(35)30(4)5)21-14-17-31(15-7-2)18-22(21)38-26/h10-13H,6-9,14-18H2,1-5H3,(H,28,33)(H,29,34,35). The highest BCUT2D eigenvalue weighted by Gasteiger charge is 2.30. The molecule has 2 heterocycles. The Morgan fingerprint density at radius 1 is 1.03 bits per heavy atom. The molecular weight excluding hydrogens is 538 g/mol. The van der Waals surface area contributed by atoms with E-state index in [1.807, 2.05) is 6.92 Å². The van der Waals surface area contributed by atoms with Gasteiger partial charge in [-0.3, -0.25) is 19.8 Å². The van der Waals surface area contributed by atoms with Gasteiger partial charge in [0.2, 0.25) is 10.0 Å². The van der Waals surface area contributed by atoms with Crippen LogP contribution in [0, 0.1) is 0 Å². The number of amides is 4. The van der Waals surface area contributed by atoms with Crippen molar-refractivity contribution in [3.05, 3.63) is 45.8 Å². The topological polar surface area (TPSA) is 119 Å². The first-order valence-corrected chi connectivity index (χ1v) is 15.6. The Labute approximate surface area is 235 Å². The van der Waals surface area contributed by atoms with Gasteiger partial charge in [0, 0.05) is 50.7 Å². The highest BCUT2D eigenvalue weighted by molar-refractivity contribution is 7.89. The van der Waals surface area contributed by atoms with Crippen molar-refractivity contribution in [2.24, 2.45) is 0 Å². The Morgan fingerprint density at radius 2 is 1.72 bits per heavy atom. The number of carbonyl (C=O) groups is 3. The van der Waals surface area contributed by atoms with Crippen molar-refractivity contribution < 1.29 is 22.8 Å². The van der Waals surface area contributed by atoms with Gasteiger partial charge in [0.05, 0.1) is 10.5 Å². The van der Waals surface area contributed by atoms with E-state index in [1.165, 1.54) is 44.8 Å². The van der Waals surface area contributed by atoms with E-state index in [1.54, 1.807) is 21.0 Å². The van der Waals surface area contributed by atoms with Gasteiger partial charge < -0.3 is 10.2 Å². The van der Waals surface area contributed by atoms with Crippen molar-refractivity contribution in [2.75, 3.05) is 45.6 Å². The summed E-state index contributed by atoms with van der Waals surface area (Å²) in [6.07, 6.45) is 3.30. The van der Waals surface area contributed by atoms with E-state index in [0.29, 0.717) is 36.6 Å². The molecule has 0 radical (unpaired) electrons. The molecule has 0 fully saturated rings. The number of unbranched alkanes of at least 4 members (excludes halogenated alkanes) is 1.